The van der Waals surface area contributed by atoms with Gasteiger partial charge < -0.3 is 4.90 Å². The average molecular weight is 433 g/mol. The van der Waals surface area contributed by atoms with Crippen LogP contribution in [-0.4, -0.2) is 69.1 Å². The molecule has 0 saturated carbocycles. The highest BCUT2D eigenvalue weighted by Crippen LogP contribution is 2.26. The number of halogens is 1. The zero-order valence-corrected chi connectivity index (χ0v) is 17.4. The molecule has 1 unspecified atom stereocenters. The van der Waals surface area contributed by atoms with E-state index in [0.717, 1.165) is 25.0 Å². The molecule has 28 heavy (non-hydrogen) atoms. The molecule has 2 aliphatic heterocycles. The molecule has 2 aliphatic rings. The first-order valence-electron chi connectivity index (χ1n) is 9.47. The minimum atomic E-state index is -4.01. The summed E-state index contributed by atoms with van der Waals surface area (Å²) in [5.41, 5.74) is 0.0527. The molecule has 0 N–H and O–H groups in total. The van der Waals surface area contributed by atoms with E-state index in [1.54, 1.807) is 0 Å². The third-order valence-electron chi connectivity index (χ3n) is 5.24. The number of hydrogen-bond acceptors (Lipinski definition) is 5. The number of carbonyl (C=O) groups is 1. The maximum atomic E-state index is 14.3. The third-order valence-corrected chi connectivity index (χ3v) is 8.90. The van der Waals surface area contributed by atoms with Crippen molar-refractivity contribution >= 4 is 25.8 Å². The predicted molar refractivity (Wildman–Crippen MR) is 103 cm³/mol. The van der Waals surface area contributed by atoms with Crippen LogP contribution in [0.2, 0.25) is 0 Å². The molecule has 0 aromatic heterocycles. The van der Waals surface area contributed by atoms with Crippen LogP contribution in [0.1, 0.15) is 43.0 Å². The maximum Gasteiger partial charge on any atom is 0.254 e. The van der Waals surface area contributed by atoms with Gasteiger partial charge in [-0.2, -0.15) is 4.31 Å². The molecule has 156 valence electrons. The Hall–Kier alpha value is -1.52. The Bertz CT molecular complexity index is 956. The smallest absolute Gasteiger partial charge is 0.254 e. The van der Waals surface area contributed by atoms with E-state index in [2.05, 4.69) is 0 Å². The highest BCUT2D eigenvalue weighted by atomic mass is 32.2. The molecule has 1 atom stereocenters. The molecule has 0 bridgehead atoms. The topological polar surface area (TPSA) is 91.8 Å². The minimum absolute atomic E-state index is 0.0309. The molecular weight excluding hydrogens is 407 g/mol. The SMILES string of the molecule is CCCN(C(=O)c1ccc(F)c(S(=O)(=O)N2CCCC2)c1)C1CCS(=O)(=O)C1. The van der Waals surface area contributed by atoms with Crippen LogP contribution in [0.15, 0.2) is 23.1 Å². The number of nitrogens with zero attached hydrogens (tertiary/aromatic N) is 2. The summed E-state index contributed by atoms with van der Waals surface area (Å²) in [5, 5.41) is 0. The van der Waals surface area contributed by atoms with Gasteiger partial charge in [0.25, 0.3) is 5.91 Å². The van der Waals surface area contributed by atoms with Crippen LogP contribution in [0.3, 0.4) is 0 Å². The molecule has 10 heteroatoms. The van der Waals surface area contributed by atoms with Crippen LogP contribution >= 0.6 is 0 Å². The number of carbonyl (C=O) groups excluding carboxylic acids is 1. The largest absolute Gasteiger partial charge is 0.335 e. The molecular formula is C18H25FN2O5S2. The van der Waals surface area contributed by atoms with Crippen LogP contribution in [0.4, 0.5) is 4.39 Å². The fourth-order valence-electron chi connectivity index (χ4n) is 3.78. The highest BCUT2D eigenvalue weighted by molar-refractivity contribution is 7.91. The Morgan fingerprint density at radius 1 is 1.29 bits per heavy atom. The molecule has 1 aromatic rings. The lowest BCUT2D eigenvalue weighted by molar-refractivity contribution is 0.0696. The minimum Gasteiger partial charge on any atom is -0.335 e. The predicted octanol–water partition coefficient (Wildman–Crippen LogP) is 1.65. The number of rotatable bonds is 6. The standard InChI is InChI=1S/C18H25FN2O5S2/c1-2-8-21(15-7-11-27(23,24)13-15)18(22)14-5-6-16(19)17(12-14)28(25,26)20-9-3-4-10-20/h5-6,12,15H,2-4,7-11,13H2,1H3. The third kappa shape index (κ3) is 4.23. The summed E-state index contributed by atoms with van der Waals surface area (Å²) in [6, 6.07) is 2.89. The Labute approximate surface area is 165 Å². The summed E-state index contributed by atoms with van der Waals surface area (Å²) in [6.45, 7) is 2.89. The summed E-state index contributed by atoms with van der Waals surface area (Å²) in [4.78, 5) is 14.0. The number of sulfonamides is 1. The molecule has 1 amide bonds. The van der Waals surface area contributed by atoms with Crippen LogP contribution in [0.5, 0.6) is 0 Å². The first-order chi connectivity index (χ1) is 13.2. The van der Waals surface area contributed by atoms with Gasteiger partial charge in [-0.3, -0.25) is 4.79 Å². The van der Waals surface area contributed by atoms with E-state index < -0.39 is 42.5 Å². The van der Waals surface area contributed by atoms with E-state index in [-0.39, 0.29) is 17.1 Å². The number of hydrogen-bond donors (Lipinski definition) is 0. The summed E-state index contributed by atoms with van der Waals surface area (Å²) in [7, 11) is -7.19. The highest BCUT2D eigenvalue weighted by Gasteiger charge is 2.36. The Morgan fingerprint density at radius 3 is 2.54 bits per heavy atom. The molecule has 0 aliphatic carbocycles. The van der Waals surface area contributed by atoms with Gasteiger partial charge in [-0.05, 0) is 43.9 Å². The van der Waals surface area contributed by atoms with E-state index in [9.17, 15) is 26.0 Å². The van der Waals surface area contributed by atoms with Crippen molar-refractivity contribution in [2.75, 3.05) is 31.1 Å². The Morgan fingerprint density at radius 2 is 1.96 bits per heavy atom. The molecule has 2 saturated heterocycles. The first kappa shape index (κ1) is 21.2. The second-order valence-electron chi connectivity index (χ2n) is 7.31. The summed E-state index contributed by atoms with van der Waals surface area (Å²) < 4.78 is 64.7. The fraction of sp³-hybridized carbons (Fsp3) is 0.611. The van der Waals surface area contributed by atoms with Gasteiger partial charge in [0.15, 0.2) is 9.84 Å². The van der Waals surface area contributed by atoms with Crippen molar-refractivity contribution < 1.29 is 26.0 Å². The molecule has 2 heterocycles. The lowest BCUT2D eigenvalue weighted by Gasteiger charge is -2.28. The second kappa shape index (κ2) is 8.08. The lowest BCUT2D eigenvalue weighted by atomic mass is 10.1. The fourth-order valence-corrected chi connectivity index (χ4v) is 7.12. The van der Waals surface area contributed by atoms with Crippen molar-refractivity contribution in [1.82, 2.24) is 9.21 Å². The van der Waals surface area contributed by atoms with Crippen LogP contribution in [-0.2, 0) is 19.9 Å². The molecule has 3 rings (SSSR count). The zero-order chi connectivity index (χ0) is 20.5. The van der Waals surface area contributed by atoms with E-state index >= 15 is 0 Å². The second-order valence-corrected chi connectivity index (χ2v) is 11.4. The number of amides is 1. The van der Waals surface area contributed by atoms with Gasteiger partial charge in [-0.15, -0.1) is 0 Å². The summed E-state index contributed by atoms with van der Waals surface area (Å²) >= 11 is 0. The lowest BCUT2D eigenvalue weighted by Crippen LogP contribution is -2.41. The van der Waals surface area contributed by atoms with Crippen molar-refractivity contribution in [1.29, 1.82) is 0 Å². The van der Waals surface area contributed by atoms with Crippen LogP contribution in [0.25, 0.3) is 0 Å². The van der Waals surface area contributed by atoms with Crippen molar-refractivity contribution in [3.63, 3.8) is 0 Å². The molecule has 0 radical (unpaired) electrons. The van der Waals surface area contributed by atoms with Crippen molar-refractivity contribution in [3.8, 4) is 0 Å². The summed E-state index contributed by atoms with van der Waals surface area (Å²) in [5.74, 6) is -1.43. The van der Waals surface area contributed by atoms with Crippen LogP contribution in [0, 0.1) is 5.82 Å². The molecule has 1 aromatic carbocycles. The van der Waals surface area contributed by atoms with Gasteiger partial charge in [-0.1, -0.05) is 6.92 Å². The van der Waals surface area contributed by atoms with Gasteiger partial charge in [0.05, 0.1) is 11.5 Å². The molecule has 2 fully saturated rings. The zero-order valence-electron chi connectivity index (χ0n) is 15.8. The van der Waals surface area contributed by atoms with Crippen LogP contribution < -0.4 is 0 Å². The average Bonchev–Trinajstić information content (AvgIpc) is 3.29. The van der Waals surface area contributed by atoms with Crippen molar-refractivity contribution in [2.24, 2.45) is 0 Å². The van der Waals surface area contributed by atoms with Crippen molar-refractivity contribution in [2.45, 2.75) is 43.5 Å². The number of benzene rings is 1. The quantitative estimate of drug-likeness (QED) is 0.682. The van der Waals surface area contributed by atoms with E-state index in [0.29, 0.717) is 32.5 Å². The van der Waals surface area contributed by atoms with E-state index in [1.807, 2.05) is 6.92 Å². The maximum absolute atomic E-state index is 14.3. The summed E-state index contributed by atoms with van der Waals surface area (Å²) in [6.07, 6.45) is 2.43. The van der Waals surface area contributed by atoms with Gasteiger partial charge in [0, 0.05) is 31.2 Å². The van der Waals surface area contributed by atoms with Gasteiger partial charge in [0.1, 0.15) is 10.7 Å². The first-order valence-corrected chi connectivity index (χ1v) is 12.7. The van der Waals surface area contributed by atoms with Gasteiger partial charge >= 0.3 is 0 Å². The Kier molecular flexibility index (Phi) is 6.11. The Balaban J connectivity index is 1.93. The van der Waals surface area contributed by atoms with Gasteiger partial charge in [-0.25, -0.2) is 21.2 Å². The van der Waals surface area contributed by atoms with Crippen molar-refractivity contribution in [3.05, 3.63) is 29.6 Å². The monoisotopic (exact) mass is 432 g/mol. The number of sulfone groups is 1. The molecule has 7 nitrogen and oxygen atoms in total. The van der Waals surface area contributed by atoms with E-state index in [1.165, 1.54) is 15.3 Å². The van der Waals surface area contributed by atoms with E-state index in [4.69, 9.17) is 0 Å². The molecule has 0 spiro atoms. The normalized spacial score (nSPS) is 22.4. The van der Waals surface area contributed by atoms with Gasteiger partial charge in [0.2, 0.25) is 10.0 Å².